The molecule has 1 aliphatic rings. The van der Waals surface area contributed by atoms with E-state index >= 15 is 0 Å². The van der Waals surface area contributed by atoms with E-state index in [-0.39, 0.29) is 17.3 Å². The quantitative estimate of drug-likeness (QED) is 0.569. The zero-order chi connectivity index (χ0) is 22.7. The predicted molar refractivity (Wildman–Crippen MR) is 125 cm³/mol. The monoisotopic (exact) mass is 471 g/mol. The lowest BCUT2D eigenvalue weighted by molar-refractivity contribution is 0.0951. The summed E-state index contributed by atoms with van der Waals surface area (Å²) in [7, 11) is -0.691. The number of sulfonamides is 1. The summed E-state index contributed by atoms with van der Waals surface area (Å²) in [6.07, 6.45) is 5.53. The summed E-state index contributed by atoms with van der Waals surface area (Å²) in [5.74, 6) is -0.316. The molecule has 1 aromatic carbocycles. The summed E-state index contributed by atoms with van der Waals surface area (Å²) >= 11 is 1.46. The van der Waals surface area contributed by atoms with Crippen molar-refractivity contribution >= 4 is 33.0 Å². The van der Waals surface area contributed by atoms with Gasteiger partial charge >= 0.3 is 0 Å². The van der Waals surface area contributed by atoms with Crippen LogP contribution in [-0.4, -0.2) is 55.8 Å². The fourth-order valence-corrected chi connectivity index (χ4v) is 5.27. The van der Waals surface area contributed by atoms with Gasteiger partial charge in [-0.3, -0.25) is 9.78 Å². The van der Waals surface area contributed by atoms with E-state index in [0.717, 1.165) is 52.2 Å². The molecule has 1 aliphatic heterocycles. The maximum atomic E-state index is 13.1. The van der Waals surface area contributed by atoms with Gasteiger partial charge < -0.3 is 10.2 Å². The van der Waals surface area contributed by atoms with Crippen LogP contribution in [0.25, 0.3) is 11.3 Å². The van der Waals surface area contributed by atoms with Gasteiger partial charge in [0.2, 0.25) is 10.0 Å². The molecule has 1 N–H and O–H groups in total. The molecule has 3 heterocycles. The van der Waals surface area contributed by atoms with E-state index in [9.17, 15) is 13.2 Å². The summed E-state index contributed by atoms with van der Waals surface area (Å²) in [5.41, 5.74) is 2.92. The van der Waals surface area contributed by atoms with E-state index in [2.05, 4.69) is 20.2 Å². The number of benzene rings is 1. The first-order valence-electron chi connectivity index (χ1n) is 10.3. The Labute approximate surface area is 192 Å². The van der Waals surface area contributed by atoms with Gasteiger partial charge in [0.05, 0.1) is 22.7 Å². The Morgan fingerprint density at radius 2 is 1.88 bits per heavy atom. The fourth-order valence-electron chi connectivity index (χ4n) is 3.60. The van der Waals surface area contributed by atoms with Crippen LogP contribution in [0.4, 0.5) is 5.69 Å². The van der Waals surface area contributed by atoms with Crippen molar-refractivity contribution < 1.29 is 13.2 Å². The van der Waals surface area contributed by atoms with Gasteiger partial charge in [-0.1, -0.05) is 0 Å². The van der Waals surface area contributed by atoms with Gasteiger partial charge in [0, 0.05) is 56.2 Å². The Morgan fingerprint density at radius 3 is 2.56 bits per heavy atom. The molecule has 2 aromatic heterocycles. The summed E-state index contributed by atoms with van der Waals surface area (Å²) in [4.78, 5) is 24.0. The number of hydrogen-bond donors (Lipinski definition) is 1. The average molecular weight is 472 g/mol. The number of amides is 1. The van der Waals surface area contributed by atoms with Crippen molar-refractivity contribution in [3.8, 4) is 11.3 Å². The van der Waals surface area contributed by atoms with Crippen LogP contribution in [0.1, 0.15) is 28.2 Å². The first kappa shape index (κ1) is 22.4. The number of thiazole rings is 1. The van der Waals surface area contributed by atoms with Gasteiger partial charge in [-0.05, 0) is 43.2 Å². The van der Waals surface area contributed by atoms with Crippen LogP contribution in [0.2, 0.25) is 0 Å². The molecule has 8 nitrogen and oxygen atoms in total. The van der Waals surface area contributed by atoms with Crippen LogP contribution in [-0.2, 0) is 16.6 Å². The molecule has 0 atom stereocenters. The molecule has 0 unspecified atom stereocenters. The second kappa shape index (κ2) is 9.35. The number of aromatic nitrogens is 2. The third kappa shape index (κ3) is 4.67. The molecular weight excluding hydrogens is 446 g/mol. The summed E-state index contributed by atoms with van der Waals surface area (Å²) in [6, 6.07) is 8.55. The average Bonchev–Trinajstić information content (AvgIpc) is 3.50. The normalized spacial score (nSPS) is 14.2. The van der Waals surface area contributed by atoms with Crippen LogP contribution >= 0.6 is 11.3 Å². The van der Waals surface area contributed by atoms with Crippen molar-refractivity contribution in [2.45, 2.75) is 24.3 Å². The number of nitrogens with zero attached hydrogens (tertiary/aromatic N) is 4. The van der Waals surface area contributed by atoms with Crippen LogP contribution < -0.4 is 10.2 Å². The summed E-state index contributed by atoms with van der Waals surface area (Å²) < 4.78 is 26.4. The van der Waals surface area contributed by atoms with Crippen molar-refractivity contribution in [3.63, 3.8) is 0 Å². The van der Waals surface area contributed by atoms with Gasteiger partial charge in [0.1, 0.15) is 5.01 Å². The van der Waals surface area contributed by atoms with Crippen LogP contribution in [0, 0.1) is 0 Å². The summed E-state index contributed by atoms with van der Waals surface area (Å²) in [6.45, 7) is 1.96. The molecule has 0 aliphatic carbocycles. The van der Waals surface area contributed by atoms with Gasteiger partial charge in [-0.25, -0.2) is 17.7 Å². The molecular formula is C22H25N5O3S2. The van der Waals surface area contributed by atoms with E-state index in [4.69, 9.17) is 0 Å². The third-order valence-electron chi connectivity index (χ3n) is 5.37. The Bertz CT molecular complexity index is 1200. The van der Waals surface area contributed by atoms with Crippen molar-refractivity contribution in [2.24, 2.45) is 0 Å². The van der Waals surface area contributed by atoms with Crippen LogP contribution in [0.5, 0.6) is 0 Å². The smallest absolute Gasteiger partial charge is 0.253 e. The van der Waals surface area contributed by atoms with Crippen molar-refractivity contribution in [1.29, 1.82) is 0 Å². The molecule has 1 amide bonds. The van der Waals surface area contributed by atoms with Crippen molar-refractivity contribution in [3.05, 3.63) is 58.7 Å². The first-order valence-corrected chi connectivity index (χ1v) is 12.6. The van der Waals surface area contributed by atoms with E-state index in [1.165, 1.54) is 31.5 Å². The maximum Gasteiger partial charge on any atom is 0.253 e. The molecule has 0 bridgehead atoms. The van der Waals surface area contributed by atoms with Crippen molar-refractivity contribution in [2.75, 3.05) is 32.1 Å². The second-order valence-electron chi connectivity index (χ2n) is 7.71. The Morgan fingerprint density at radius 1 is 1.16 bits per heavy atom. The highest BCUT2D eigenvalue weighted by Crippen LogP contribution is 2.28. The summed E-state index contributed by atoms with van der Waals surface area (Å²) in [5, 5.41) is 5.62. The topological polar surface area (TPSA) is 95.5 Å². The number of carbonyl (C=O) groups is 1. The second-order valence-corrected chi connectivity index (χ2v) is 10.8. The Balaban J connectivity index is 1.57. The number of carbonyl (C=O) groups excluding carboxylic acids is 1. The molecule has 0 spiro atoms. The maximum absolute atomic E-state index is 13.1. The molecule has 168 valence electrons. The SMILES string of the molecule is CN(C)S(=O)(=O)c1ccc(N2CCCC2)c(C(=O)NCc2nc(-c3ccncc3)cs2)c1. The Kier molecular flexibility index (Phi) is 6.54. The van der Waals surface area contributed by atoms with Crippen LogP contribution in [0.15, 0.2) is 53.0 Å². The molecule has 4 rings (SSSR count). The fraction of sp³-hybridized carbons (Fsp3) is 0.318. The molecule has 0 saturated carbocycles. The van der Waals surface area contributed by atoms with Gasteiger partial charge in [-0.2, -0.15) is 0 Å². The molecule has 3 aromatic rings. The minimum absolute atomic E-state index is 0.102. The highest BCUT2D eigenvalue weighted by Gasteiger charge is 2.24. The number of nitrogens with one attached hydrogen (secondary N) is 1. The molecule has 1 fully saturated rings. The van der Waals surface area contributed by atoms with E-state index < -0.39 is 10.0 Å². The number of pyridine rings is 1. The highest BCUT2D eigenvalue weighted by atomic mass is 32.2. The van der Waals surface area contributed by atoms with Gasteiger partial charge in [-0.15, -0.1) is 11.3 Å². The molecule has 1 saturated heterocycles. The molecule has 10 heteroatoms. The number of anilines is 1. The van der Waals surface area contributed by atoms with E-state index in [1.54, 1.807) is 24.5 Å². The lowest BCUT2D eigenvalue weighted by Gasteiger charge is -2.22. The number of hydrogen-bond acceptors (Lipinski definition) is 7. The molecule has 0 radical (unpaired) electrons. The minimum atomic E-state index is -3.65. The minimum Gasteiger partial charge on any atom is -0.371 e. The highest BCUT2D eigenvalue weighted by molar-refractivity contribution is 7.89. The zero-order valence-corrected chi connectivity index (χ0v) is 19.6. The standard InChI is InChI=1S/C22H25N5O3S2/c1-26(2)32(29,30)17-5-6-20(27-11-3-4-12-27)18(13-17)22(28)24-14-21-25-19(15-31-21)16-7-9-23-10-8-16/h5-10,13,15H,3-4,11-12,14H2,1-2H3,(H,24,28). The Hall–Kier alpha value is -2.82. The first-order chi connectivity index (χ1) is 15.4. The lowest BCUT2D eigenvalue weighted by atomic mass is 10.1. The predicted octanol–water partition coefficient (Wildman–Crippen LogP) is 2.99. The van der Waals surface area contributed by atoms with Crippen molar-refractivity contribution in [1.82, 2.24) is 19.6 Å². The number of rotatable bonds is 7. The van der Waals surface area contributed by atoms with Crippen LogP contribution in [0.3, 0.4) is 0 Å². The van der Waals surface area contributed by atoms with Gasteiger partial charge in [0.15, 0.2) is 0 Å². The zero-order valence-electron chi connectivity index (χ0n) is 18.0. The molecule has 32 heavy (non-hydrogen) atoms. The van der Waals surface area contributed by atoms with E-state index in [0.29, 0.717) is 5.56 Å². The van der Waals surface area contributed by atoms with Gasteiger partial charge in [0.25, 0.3) is 5.91 Å². The lowest BCUT2D eigenvalue weighted by Crippen LogP contribution is -2.28. The van der Waals surface area contributed by atoms with E-state index in [1.807, 2.05) is 17.5 Å². The third-order valence-corrected chi connectivity index (χ3v) is 8.03. The largest absolute Gasteiger partial charge is 0.371 e.